The number of halogens is 1. The molecule has 1 aliphatic heterocycles. The molecule has 0 unspecified atom stereocenters. The van der Waals surface area contributed by atoms with E-state index in [0.717, 1.165) is 10.9 Å². The maximum absolute atomic E-state index is 15.3. The van der Waals surface area contributed by atoms with Gasteiger partial charge in [-0.3, -0.25) is 14.5 Å². The maximum atomic E-state index is 15.3. The predicted molar refractivity (Wildman–Crippen MR) is 135 cm³/mol. The first-order valence-corrected chi connectivity index (χ1v) is 11.5. The number of aromatic nitrogens is 3. The molecule has 1 aliphatic rings. The van der Waals surface area contributed by atoms with Gasteiger partial charge in [0.25, 0.3) is 5.91 Å². The molecule has 0 saturated carbocycles. The van der Waals surface area contributed by atoms with Crippen molar-refractivity contribution < 1.29 is 18.7 Å². The van der Waals surface area contributed by atoms with Crippen LogP contribution in [0.3, 0.4) is 0 Å². The highest BCUT2D eigenvalue weighted by Crippen LogP contribution is 2.37. The number of ether oxygens (including phenoxy) is 2. The van der Waals surface area contributed by atoms with Crippen LogP contribution in [-0.4, -0.2) is 61.1 Å². The first kappa shape index (κ1) is 24.1. The molecule has 0 N–H and O–H groups in total. The summed E-state index contributed by atoms with van der Waals surface area (Å²) in [7, 11) is 15.9. The highest BCUT2D eigenvalue weighted by Gasteiger charge is 2.43. The molecular weight excluding hydrogens is 457 g/mol. The third-order valence-corrected chi connectivity index (χ3v) is 6.43. The van der Waals surface area contributed by atoms with E-state index in [4.69, 9.17) is 25.2 Å². The third kappa shape index (κ3) is 4.05. The van der Waals surface area contributed by atoms with E-state index >= 15 is 4.39 Å². The number of carbonyl (C=O) groups is 1. The summed E-state index contributed by atoms with van der Waals surface area (Å²) < 4.78 is 28.2. The number of amides is 1. The molecular formula is C26H23B2FN4O3. The molecule has 4 radical (unpaired) electrons. The van der Waals surface area contributed by atoms with Crippen molar-refractivity contribution in [3.05, 3.63) is 77.5 Å². The Balaban J connectivity index is 1.45. The van der Waals surface area contributed by atoms with Crippen LogP contribution in [0.4, 0.5) is 4.39 Å². The average molecular weight is 480 g/mol. The molecule has 2 aromatic heterocycles. The van der Waals surface area contributed by atoms with E-state index in [9.17, 15) is 4.79 Å². The van der Waals surface area contributed by atoms with Crippen molar-refractivity contribution in [2.24, 2.45) is 7.05 Å². The molecule has 0 spiro atoms. The lowest BCUT2D eigenvalue weighted by Crippen LogP contribution is -2.44. The van der Waals surface area contributed by atoms with Gasteiger partial charge in [-0.2, -0.15) is 5.10 Å². The Bertz CT molecular complexity index is 1470. The van der Waals surface area contributed by atoms with Crippen LogP contribution in [0.2, 0.25) is 0 Å². The van der Waals surface area contributed by atoms with Gasteiger partial charge in [0.05, 0.1) is 33.1 Å². The van der Waals surface area contributed by atoms with Crippen LogP contribution in [0.25, 0.3) is 22.0 Å². The van der Waals surface area contributed by atoms with Crippen LogP contribution in [0.1, 0.15) is 28.5 Å². The van der Waals surface area contributed by atoms with E-state index in [1.807, 2.05) is 32.3 Å². The first-order chi connectivity index (χ1) is 17.2. The van der Waals surface area contributed by atoms with E-state index in [2.05, 4.69) is 10.1 Å². The number of hydrogen-bond donors (Lipinski definition) is 0. The van der Waals surface area contributed by atoms with Crippen molar-refractivity contribution in [3.8, 4) is 16.9 Å². The van der Waals surface area contributed by atoms with Crippen molar-refractivity contribution in [2.45, 2.75) is 24.9 Å². The van der Waals surface area contributed by atoms with Crippen molar-refractivity contribution in [1.29, 1.82) is 0 Å². The second kappa shape index (κ2) is 9.09. The Morgan fingerprint density at radius 3 is 2.69 bits per heavy atom. The largest absolute Gasteiger partial charge is 0.489 e. The van der Waals surface area contributed by atoms with Gasteiger partial charge >= 0.3 is 0 Å². The summed E-state index contributed by atoms with van der Waals surface area (Å²) in [5.74, 6) is -0.244. The van der Waals surface area contributed by atoms with Gasteiger partial charge in [-0.25, -0.2) is 4.39 Å². The molecule has 5 rings (SSSR count). The highest BCUT2D eigenvalue weighted by molar-refractivity contribution is 6.42. The third-order valence-electron chi connectivity index (χ3n) is 6.43. The van der Waals surface area contributed by atoms with Gasteiger partial charge < -0.3 is 14.4 Å². The fourth-order valence-corrected chi connectivity index (χ4v) is 4.39. The number of fused-ring (bicyclic) bond motifs is 2. The van der Waals surface area contributed by atoms with Crippen LogP contribution in [-0.2, 0) is 23.7 Å². The van der Waals surface area contributed by atoms with Gasteiger partial charge in [0.1, 0.15) is 23.7 Å². The second-order valence-electron chi connectivity index (χ2n) is 8.96. The van der Waals surface area contributed by atoms with Crippen LogP contribution < -0.4 is 4.74 Å². The summed E-state index contributed by atoms with van der Waals surface area (Å²) in [5, 5.41) is 3.73. The minimum Gasteiger partial charge on any atom is -0.489 e. The lowest BCUT2D eigenvalue weighted by molar-refractivity contribution is 0.0721. The summed E-state index contributed by atoms with van der Waals surface area (Å²) in [6.45, 7) is 2.20. The number of methoxy groups -OCH3 is 1. The lowest BCUT2D eigenvalue weighted by Gasteiger charge is -2.33. The molecule has 0 fully saturated rings. The van der Waals surface area contributed by atoms with Crippen LogP contribution in [0.15, 0.2) is 54.9 Å². The Morgan fingerprint density at radius 1 is 1.17 bits per heavy atom. The summed E-state index contributed by atoms with van der Waals surface area (Å²) in [4.78, 5) is 18.3. The van der Waals surface area contributed by atoms with E-state index in [1.54, 1.807) is 36.1 Å². The Hall–Kier alpha value is -3.65. The Labute approximate surface area is 211 Å². The molecule has 0 bridgehead atoms. The minimum atomic E-state index is -1.63. The van der Waals surface area contributed by atoms with Crippen LogP contribution in [0, 0.1) is 5.82 Å². The van der Waals surface area contributed by atoms with E-state index in [0.29, 0.717) is 29.0 Å². The first-order valence-electron chi connectivity index (χ1n) is 11.5. The van der Waals surface area contributed by atoms with Crippen LogP contribution >= 0.6 is 0 Å². The van der Waals surface area contributed by atoms with Gasteiger partial charge in [0.15, 0.2) is 0 Å². The summed E-state index contributed by atoms with van der Waals surface area (Å²) in [5.41, 5.74) is 3.02. The Morgan fingerprint density at radius 2 is 1.97 bits per heavy atom. The molecule has 36 heavy (non-hydrogen) atoms. The molecule has 178 valence electrons. The highest BCUT2D eigenvalue weighted by atomic mass is 19.1. The maximum Gasteiger partial charge on any atom is 0.255 e. The van der Waals surface area contributed by atoms with Crippen molar-refractivity contribution >= 4 is 32.5 Å². The quantitative estimate of drug-likeness (QED) is 0.380. The number of nitrogens with zero attached hydrogens (tertiary/aromatic N) is 4. The van der Waals surface area contributed by atoms with Gasteiger partial charge in [0, 0.05) is 49.4 Å². The molecule has 7 nitrogen and oxygen atoms in total. The zero-order chi connectivity index (χ0) is 25.6. The predicted octanol–water partition coefficient (Wildman–Crippen LogP) is 3.29. The van der Waals surface area contributed by atoms with Gasteiger partial charge in [-0.05, 0) is 48.4 Å². The van der Waals surface area contributed by atoms with Gasteiger partial charge in [-0.1, -0.05) is 12.1 Å². The Kier molecular flexibility index (Phi) is 6.08. The average Bonchev–Trinajstić information content (AvgIpc) is 3.34. The van der Waals surface area contributed by atoms with Crippen LogP contribution in [0.5, 0.6) is 5.75 Å². The van der Waals surface area contributed by atoms with Gasteiger partial charge in [-0.15, -0.1) is 0 Å². The SMILES string of the molecule is [B]C1([B])c2ncccc2C(=O)N1Cc1ccc(-c2ccc(OC[C@@H](C)OC)c3nn(C)cc23)cc1F. The number of rotatable bonds is 7. The zero-order valence-electron chi connectivity index (χ0n) is 20.2. The summed E-state index contributed by atoms with van der Waals surface area (Å²) in [6, 6.07) is 11.8. The monoisotopic (exact) mass is 480 g/mol. The number of aryl methyl sites for hydroxylation is 1. The number of carbonyl (C=O) groups excluding carboxylic acids is 1. The topological polar surface area (TPSA) is 69.5 Å². The molecule has 0 aliphatic carbocycles. The molecule has 0 saturated heterocycles. The van der Waals surface area contributed by atoms with Crippen molar-refractivity contribution in [1.82, 2.24) is 19.7 Å². The van der Waals surface area contributed by atoms with Crippen molar-refractivity contribution in [3.63, 3.8) is 0 Å². The summed E-state index contributed by atoms with van der Waals surface area (Å²) in [6.07, 6.45) is 3.32. The molecule has 1 amide bonds. The standard InChI is InChI=1S/C26H23B2FN4O3/c1-15(35-3)14-36-22-9-8-18(20-13-32(2)31-23(20)22)16-6-7-17(21(29)11-16)12-33-25(34)19-5-4-10-30-24(19)26(33,27)28/h4-11,13,15H,12,14H2,1-3H3/t15-/m1/s1. The van der Waals surface area contributed by atoms with E-state index in [-0.39, 0.29) is 29.8 Å². The molecule has 2 aromatic carbocycles. The second-order valence-corrected chi connectivity index (χ2v) is 8.96. The number of pyridine rings is 1. The lowest BCUT2D eigenvalue weighted by atomic mass is 9.59. The fourth-order valence-electron chi connectivity index (χ4n) is 4.39. The number of benzene rings is 2. The van der Waals surface area contributed by atoms with E-state index < -0.39 is 11.2 Å². The normalized spacial score (nSPS) is 15.3. The van der Waals surface area contributed by atoms with Crippen molar-refractivity contribution in [2.75, 3.05) is 13.7 Å². The molecule has 1 atom stereocenters. The minimum absolute atomic E-state index is 0.0723. The summed E-state index contributed by atoms with van der Waals surface area (Å²) >= 11 is 0. The van der Waals surface area contributed by atoms with E-state index in [1.165, 1.54) is 17.2 Å². The molecule has 4 aromatic rings. The fraction of sp³-hybridized carbons (Fsp3) is 0.269. The van der Waals surface area contributed by atoms with Gasteiger partial charge in [0.2, 0.25) is 0 Å². The molecule has 3 heterocycles. The zero-order valence-corrected chi connectivity index (χ0v) is 20.2. The molecule has 10 heteroatoms. The number of hydrogen-bond acceptors (Lipinski definition) is 5. The smallest absolute Gasteiger partial charge is 0.255 e.